The van der Waals surface area contributed by atoms with E-state index in [4.69, 9.17) is 4.74 Å². The summed E-state index contributed by atoms with van der Waals surface area (Å²) < 4.78 is 5.78. The van der Waals surface area contributed by atoms with Gasteiger partial charge in [-0.3, -0.25) is 0 Å². The van der Waals surface area contributed by atoms with Gasteiger partial charge in [0.15, 0.2) is 0 Å². The number of benzene rings is 2. The summed E-state index contributed by atoms with van der Waals surface area (Å²) in [6, 6.07) is 16.8. The summed E-state index contributed by atoms with van der Waals surface area (Å²) in [4.78, 5) is 0. The molecule has 2 nitrogen and oxygen atoms in total. The van der Waals surface area contributed by atoms with E-state index in [-0.39, 0.29) is 6.10 Å². The molecule has 0 aliphatic rings. The van der Waals surface area contributed by atoms with Gasteiger partial charge >= 0.3 is 0 Å². The third-order valence-corrected chi connectivity index (χ3v) is 5.74. The van der Waals surface area contributed by atoms with E-state index >= 15 is 0 Å². The van der Waals surface area contributed by atoms with Crippen LogP contribution in [0.1, 0.15) is 18.9 Å². The minimum atomic E-state index is -0.274. The Morgan fingerprint density at radius 3 is 2.04 bits per heavy atom. The molecule has 0 bridgehead atoms. The molecule has 0 aromatic heterocycles. The van der Waals surface area contributed by atoms with Crippen LogP contribution in [0, 0.1) is 5.92 Å². The molecule has 2 rings (SSSR count). The quantitative estimate of drug-likeness (QED) is 0.509. The Hall–Kier alpha value is -0.840. The second-order valence-corrected chi connectivity index (χ2v) is 7.43. The van der Waals surface area contributed by atoms with Crippen LogP contribution in [-0.4, -0.2) is 28.5 Å². The molecule has 24 heavy (non-hydrogen) atoms. The first-order valence-corrected chi connectivity index (χ1v) is 10.5. The molecule has 2 aromatic rings. The first-order chi connectivity index (χ1) is 11.6. The fourth-order valence-corrected chi connectivity index (χ4v) is 2.81. The number of hydrogen-bond donors (Lipinski definition) is 1. The van der Waals surface area contributed by atoms with Crippen molar-refractivity contribution in [1.29, 1.82) is 0 Å². The van der Waals surface area contributed by atoms with Crippen molar-refractivity contribution >= 4 is 31.9 Å². The van der Waals surface area contributed by atoms with Gasteiger partial charge in [-0.15, -0.1) is 0 Å². The van der Waals surface area contributed by atoms with Crippen LogP contribution in [-0.2, 0) is 6.42 Å². The zero-order valence-corrected chi connectivity index (χ0v) is 17.1. The molecule has 0 saturated carbocycles. The lowest BCUT2D eigenvalue weighted by atomic mass is 10.0. The van der Waals surface area contributed by atoms with E-state index in [1.807, 2.05) is 12.1 Å². The van der Waals surface area contributed by atoms with Crippen molar-refractivity contribution in [2.75, 3.05) is 17.3 Å². The van der Waals surface area contributed by atoms with Gasteiger partial charge in [0.25, 0.3) is 0 Å². The molecule has 0 aliphatic carbocycles. The molecular formula is C20H24Br2O2. The summed E-state index contributed by atoms with van der Waals surface area (Å²) in [7, 11) is 0. The smallest absolute Gasteiger partial charge is 0.119 e. The van der Waals surface area contributed by atoms with Gasteiger partial charge in [0.05, 0.1) is 12.7 Å². The molecule has 0 radical (unpaired) electrons. The van der Waals surface area contributed by atoms with Crippen LogP contribution in [0.5, 0.6) is 5.75 Å². The largest absolute Gasteiger partial charge is 0.493 e. The number of hydrogen-bond acceptors (Lipinski definition) is 2. The van der Waals surface area contributed by atoms with Crippen molar-refractivity contribution in [3.63, 3.8) is 0 Å². The van der Waals surface area contributed by atoms with Crippen LogP contribution in [0.4, 0.5) is 0 Å². The maximum atomic E-state index is 9.61. The SMILES string of the molecule is CC(CBr)COc1ccc(-c2ccc(CCC(O)CBr)cc2)cc1. The summed E-state index contributed by atoms with van der Waals surface area (Å²) in [5.74, 6) is 1.41. The van der Waals surface area contributed by atoms with Crippen molar-refractivity contribution in [2.24, 2.45) is 5.92 Å². The second-order valence-electron chi connectivity index (χ2n) is 6.14. The predicted molar refractivity (Wildman–Crippen MR) is 108 cm³/mol. The van der Waals surface area contributed by atoms with Crippen molar-refractivity contribution < 1.29 is 9.84 Å². The van der Waals surface area contributed by atoms with E-state index in [9.17, 15) is 5.11 Å². The lowest BCUT2D eigenvalue weighted by molar-refractivity contribution is 0.191. The minimum absolute atomic E-state index is 0.274. The Morgan fingerprint density at radius 2 is 1.50 bits per heavy atom. The van der Waals surface area contributed by atoms with Crippen LogP contribution < -0.4 is 4.74 Å². The number of ether oxygens (including phenoxy) is 1. The van der Waals surface area contributed by atoms with Crippen molar-refractivity contribution in [1.82, 2.24) is 0 Å². The van der Waals surface area contributed by atoms with Crippen LogP contribution in [0.3, 0.4) is 0 Å². The number of aryl methyl sites for hydroxylation is 1. The van der Waals surface area contributed by atoms with Gasteiger partial charge in [-0.1, -0.05) is 75.2 Å². The molecular weight excluding hydrogens is 432 g/mol. The van der Waals surface area contributed by atoms with Gasteiger partial charge in [-0.25, -0.2) is 0 Å². The Balaban J connectivity index is 1.93. The summed E-state index contributed by atoms with van der Waals surface area (Å²) in [6.07, 6.45) is 1.40. The van der Waals surface area contributed by atoms with Crippen molar-refractivity contribution in [3.8, 4) is 16.9 Å². The zero-order chi connectivity index (χ0) is 17.4. The van der Waals surface area contributed by atoms with Crippen LogP contribution in [0.15, 0.2) is 48.5 Å². The third kappa shape index (κ3) is 6.23. The molecule has 2 unspecified atom stereocenters. The maximum Gasteiger partial charge on any atom is 0.119 e. The molecule has 130 valence electrons. The first-order valence-electron chi connectivity index (χ1n) is 8.24. The average molecular weight is 456 g/mol. The van der Waals surface area contributed by atoms with Gasteiger partial charge < -0.3 is 9.84 Å². The van der Waals surface area contributed by atoms with E-state index in [1.54, 1.807) is 0 Å². The Kier molecular flexibility index (Phi) is 8.30. The monoisotopic (exact) mass is 454 g/mol. The zero-order valence-electron chi connectivity index (χ0n) is 13.9. The molecule has 0 aliphatic heterocycles. The third-order valence-electron chi connectivity index (χ3n) is 3.88. The molecule has 2 atom stereocenters. The summed E-state index contributed by atoms with van der Waals surface area (Å²) in [6.45, 7) is 2.88. The maximum absolute atomic E-state index is 9.61. The van der Waals surface area contributed by atoms with Gasteiger partial charge in [0, 0.05) is 10.7 Å². The Labute approximate surface area is 161 Å². The highest BCUT2D eigenvalue weighted by Crippen LogP contribution is 2.23. The van der Waals surface area contributed by atoms with E-state index in [0.717, 1.165) is 30.5 Å². The van der Waals surface area contributed by atoms with Gasteiger partial charge in [-0.2, -0.15) is 0 Å². The standard InChI is InChI=1S/C20H24Br2O2/c1-15(12-21)14-24-20-10-7-18(8-11-20)17-5-2-16(3-6-17)4-9-19(23)13-22/h2-3,5-8,10-11,15,19,23H,4,9,12-14H2,1H3. The van der Waals surface area contributed by atoms with Crippen LogP contribution in [0.25, 0.3) is 11.1 Å². The van der Waals surface area contributed by atoms with Crippen molar-refractivity contribution in [3.05, 3.63) is 54.1 Å². The van der Waals surface area contributed by atoms with Gasteiger partial charge in [-0.05, 0) is 47.6 Å². The number of alkyl halides is 2. The number of halogens is 2. The highest BCUT2D eigenvalue weighted by Gasteiger charge is 2.04. The predicted octanol–water partition coefficient (Wildman–Crippen LogP) is 5.45. The first kappa shape index (κ1) is 19.5. The normalized spacial score (nSPS) is 13.5. The molecule has 1 N–H and O–H groups in total. The van der Waals surface area contributed by atoms with Gasteiger partial charge in [0.1, 0.15) is 5.75 Å². The molecule has 2 aromatic carbocycles. The second kappa shape index (κ2) is 10.2. The van der Waals surface area contributed by atoms with Crippen LogP contribution >= 0.6 is 31.9 Å². The lowest BCUT2D eigenvalue weighted by Gasteiger charge is -2.11. The van der Waals surface area contributed by atoms with E-state index in [2.05, 4.69) is 75.2 Å². The van der Waals surface area contributed by atoms with E-state index in [1.165, 1.54) is 16.7 Å². The topological polar surface area (TPSA) is 29.5 Å². The van der Waals surface area contributed by atoms with E-state index in [0.29, 0.717) is 11.2 Å². The lowest BCUT2D eigenvalue weighted by Crippen LogP contribution is -2.09. The fourth-order valence-electron chi connectivity index (χ4n) is 2.30. The molecule has 0 saturated heterocycles. The Morgan fingerprint density at radius 1 is 0.917 bits per heavy atom. The molecule has 0 fully saturated rings. The van der Waals surface area contributed by atoms with Gasteiger partial charge in [0.2, 0.25) is 0 Å². The highest BCUT2D eigenvalue weighted by atomic mass is 79.9. The summed E-state index contributed by atoms with van der Waals surface area (Å²) in [5.41, 5.74) is 3.63. The minimum Gasteiger partial charge on any atom is -0.493 e. The number of rotatable bonds is 9. The Bertz CT molecular complexity index is 541. The fraction of sp³-hybridized carbons (Fsp3) is 0.400. The van der Waals surface area contributed by atoms with Crippen molar-refractivity contribution in [2.45, 2.75) is 25.9 Å². The number of aliphatic hydroxyl groups is 1. The summed E-state index contributed by atoms with van der Waals surface area (Å²) in [5, 5.41) is 11.2. The number of aliphatic hydroxyl groups excluding tert-OH is 1. The molecule has 0 amide bonds. The molecule has 0 heterocycles. The molecule has 0 spiro atoms. The summed E-state index contributed by atoms with van der Waals surface area (Å²) >= 11 is 6.76. The van der Waals surface area contributed by atoms with E-state index < -0.39 is 0 Å². The highest BCUT2D eigenvalue weighted by molar-refractivity contribution is 9.09. The van der Waals surface area contributed by atoms with Crippen LogP contribution in [0.2, 0.25) is 0 Å². The average Bonchev–Trinajstić information content (AvgIpc) is 2.65. The molecule has 4 heteroatoms.